The van der Waals surface area contributed by atoms with Crippen LogP contribution in [-0.2, 0) is 4.79 Å². The quantitative estimate of drug-likeness (QED) is 0.422. The fourth-order valence-electron chi connectivity index (χ4n) is 3.73. The van der Waals surface area contributed by atoms with Crippen molar-refractivity contribution in [2.75, 3.05) is 17.7 Å². The van der Waals surface area contributed by atoms with Gasteiger partial charge in [-0.2, -0.15) is 5.10 Å². The lowest BCUT2D eigenvalue weighted by molar-refractivity contribution is -0.117. The number of anilines is 2. The number of imidazole rings is 1. The Bertz CT molecular complexity index is 1350. The molecule has 1 fully saturated rings. The third kappa shape index (κ3) is 3.29. The molecule has 4 aromatic rings. The molecule has 3 heterocycles. The predicted octanol–water partition coefficient (Wildman–Crippen LogP) is 3.54. The van der Waals surface area contributed by atoms with Gasteiger partial charge in [-0.1, -0.05) is 0 Å². The first-order valence-corrected chi connectivity index (χ1v) is 10.2. The van der Waals surface area contributed by atoms with E-state index in [0.717, 1.165) is 0 Å². The van der Waals surface area contributed by atoms with Gasteiger partial charge in [0.05, 0.1) is 48.4 Å². The number of alkyl halides is 1. The summed E-state index contributed by atoms with van der Waals surface area (Å²) in [6, 6.07) is -0.0103. The summed E-state index contributed by atoms with van der Waals surface area (Å²) in [6.45, 7) is 3.81. The number of amides is 1. The minimum atomic E-state index is -1.09. The van der Waals surface area contributed by atoms with E-state index in [2.05, 4.69) is 30.8 Å². The van der Waals surface area contributed by atoms with E-state index < -0.39 is 23.8 Å². The Morgan fingerprint density at radius 1 is 1.34 bits per heavy atom. The van der Waals surface area contributed by atoms with E-state index in [1.165, 1.54) is 13.3 Å². The number of halogens is 2. The molecular formula is C21H21F2N7O2. The van der Waals surface area contributed by atoms with Crippen molar-refractivity contribution < 1.29 is 18.3 Å². The van der Waals surface area contributed by atoms with Crippen molar-refractivity contribution in [1.29, 1.82) is 0 Å². The molecule has 3 N–H and O–H groups in total. The van der Waals surface area contributed by atoms with Gasteiger partial charge in [0.15, 0.2) is 23.0 Å². The summed E-state index contributed by atoms with van der Waals surface area (Å²) in [5, 5.41) is 13.3. The Morgan fingerprint density at radius 2 is 2.12 bits per heavy atom. The molecule has 1 amide bonds. The zero-order chi connectivity index (χ0) is 22.6. The van der Waals surface area contributed by atoms with E-state index in [0.29, 0.717) is 27.8 Å². The lowest BCUT2D eigenvalue weighted by Crippen LogP contribution is -2.15. The van der Waals surface area contributed by atoms with Crippen LogP contribution in [0.5, 0.6) is 5.75 Å². The second-order valence-corrected chi connectivity index (χ2v) is 8.07. The van der Waals surface area contributed by atoms with Crippen LogP contribution in [0, 0.1) is 11.7 Å². The van der Waals surface area contributed by atoms with Gasteiger partial charge >= 0.3 is 0 Å². The number of hydrogen-bond acceptors (Lipinski definition) is 6. The van der Waals surface area contributed by atoms with Crippen LogP contribution in [-0.4, -0.2) is 49.8 Å². The summed E-state index contributed by atoms with van der Waals surface area (Å²) in [5.74, 6) is -1.25. The number of fused-ring (bicyclic) bond motifs is 2. The Morgan fingerprint density at radius 3 is 2.81 bits per heavy atom. The summed E-state index contributed by atoms with van der Waals surface area (Å²) in [7, 11) is 1.40. The molecule has 5 rings (SSSR count). The molecule has 1 aliphatic carbocycles. The summed E-state index contributed by atoms with van der Waals surface area (Å²) in [4.78, 5) is 20.7. The van der Waals surface area contributed by atoms with E-state index in [4.69, 9.17) is 4.74 Å². The topological polar surface area (TPSA) is 109 Å². The minimum Gasteiger partial charge on any atom is -0.493 e. The standard InChI is InChI=1S/C21H21F2N7O2/c1-9(2)26-19-17(23)20(32-3)16(11-5-25-29-18(11)19)13-7-30-8-14(27-15(30)6-24-13)28-21(31)10-4-12(10)22/h5-10,12,26H,4H2,1-3H3,(H,25,29)(H,28,31)/t10-,12+/m1/s1. The van der Waals surface area contributed by atoms with Gasteiger partial charge in [0.1, 0.15) is 11.9 Å². The number of methoxy groups -OCH3 is 1. The van der Waals surface area contributed by atoms with Gasteiger partial charge in [-0.05, 0) is 20.3 Å². The molecule has 1 aromatic carbocycles. The van der Waals surface area contributed by atoms with Gasteiger partial charge in [0.2, 0.25) is 5.91 Å². The van der Waals surface area contributed by atoms with Crippen LogP contribution in [0.3, 0.4) is 0 Å². The van der Waals surface area contributed by atoms with Crippen LogP contribution >= 0.6 is 0 Å². The van der Waals surface area contributed by atoms with Crippen LogP contribution in [0.2, 0.25) is 0 Å². The number of carbonyl (C=O) groups is 1. The highest BCUT2D eigenvalue weighted by atomic mass is 19.1. The monoisotopic (exact) mass is 441 g/mol. The highest BCUT2D eigenvalue weighted by Crippen LogP contribution is 2.42. The summed E-state index contributed by atoms with van der Waals surface area (Å²) >= 11 is 0. The van der Waals surface area contributed by atoms with E-state index in [1.54, 1.807) is 23.0 Å². The maximum absolute atomic E-state index is 15.4. The fraction of sp³-hybridized carbons (Fsp3) is 0.333. The molecule has 0 saturated heterocycles. The molecule has 2 atom stereocenters. The molecule has 0 radical (unpaired) electrons. The molecule has 1 saturated carbocycles. The fourth-order valence-corrected chi connectivity index (χ4v) is 3.73. The maximum atomic E-state index is 15.4. The second kappa shape index (κ2) is 7.43. The molecule has 11 heteroatoms. The largest absolute Gasteiger partial charge is 0.493 e. The van der Waals surface area contributed by atoms with Gasteiger partial charge in [-0.25, -0.2) is 13.8 Å². The van der Waals surface area contributed by atoms with Crippen LogP contribution in [0.25, 0.3) is 27.8 Å². The number of carbonyl (C=O) groups excluding carboxylic acids is 1. The first-order chi connectivity index (χ1) is 15.4. The third-order valence-corrected chi connectivity index (χ3v) is 5.34. The lowest BCUT2D eigenvalue weighted by atomic mass is 10.0. The Balaban J connectivity index is 1.59. The van der Waals surface area contributed by atoms with Gasteiger partial charge in [0.25, 0.3) is 0 Å². The number of aromatic amines is 1. The number of nitrogens with one attached hydrogen (secondary N) is 3. The molecule has 0 unspecified atom stereocenters. The van der Waals surface area contributed by atoms with Crippen LogP contribution in [0.1, 0.15) is 20.3 Å². The first-order valence-electron chi connectivity index (χ1n) is 10.2. The summed E-state index contributed by atoms with van der Waals surface area (Å²) in [6.07, 6.45) is 5.49. The molecule has 3 aromatic heterocycles. The molecule has 0 spiro atoms. The van der Waals surface area contributed by atoms with Gasteiger partial charge < -0.3 is 19.8 Å². The first kappa shape index (κ1) is 20.2. The van der Waals surface area contributed by atoms with E-state index in [1.807, 2.05) is 13.8 Å². The highest BCUT2D eigenvalue weighted by molar-refractivity contribution is 6.03. The zero-order valence-electron chi connectivity index (χ0n) is 17.6. The Labute approximate surface area is 181 Å². The average Bonchev–Trinajstić information content (AvgIpc) is 3.13. The smallest absolute Gasteiger partial charge is 0.231 e. The van der Waals surface area contributed by atoms with Gasteiger partial charge in [0, 0.05) is 17.6 Å². The van der Waals surface area contributed by atoms with E-state index in [9.17, 15) is 9.18 Å². The number of nitrogens with zero attached hydrogens (tertiary/aromatic N) is 4. The Kier molecular flexibility index (Phi) is 4.68. The number of ether oxygens (including phenoxy) is 1. The number of rotatable bonds is 6. The van der Waals surface area contributed by atoms with E-state index in [-0.39, 0.29) is 29.7 Å². The van der Waals surface area contributed by atoms with Gasteiger partial charge in [-0.15, -0.1) is 0 Å². The number of hydrogen-bond donors (Lipinski definition) is 3. The van der Waals surface area contributed by atoms with E-state index >= 15 is 4.39 Å². The predicted molar refractivity (Wildman–Crippen MR) is 115 cm³/mol. The average molecular weight is 441 g/mol. The normalized spacial score (nSPS) is 17.8. The van der Waals surface area contributed by atoms with Crippen molar-refractivity contribution >= 4 is 34.0 Å². The highest BCUT2D eigenvalue weighted by Gasteiger charge is 2.43. The van der Waals surface area contributed by atoms with Crippen molar-refractivity contribution in [2.45, 2.75) is 32.5 Å². The number of H-pyrrole nitrogens is 1. The van der Waals surface area contributed by atoms with Crippen LogP contribution < -0.4 is 15.4 Å². The van der Waals surface area contributed by atoms with Crippen LogP contribution in [0.4, 0.5) is 20.3 Å². The van der Waals surface area contributed by atoms with Crippen molar-refractivity contribution in [3.05, 3.63) is 30.6 Å². The van der Waals surface area contributed by atoms with Gasteiger partial charge in [-0.3, -0.25) is 14.9 Å². The van der Waals surface area contributed by atoms with Crippen molar-refractivity contribution in [3.8, 4) is 17.0 Å². The summed E-state index contributed by atoms with van der Waals surface area (Å²) in [5.41, 5.74) is 2.10. The summed E-state index contributed by atoms with van der Waals surface area (Å²) < 4.78 is 35.6. The number of aromatic nitrogens is 5. The zero-order valence-corrected chi connectivity index (χ0v) is 17.6. The molecule has 9 nitrogen and oxygen atoms in total. The lowest BCUT2D eigenvalue weighted by Gasteiger charge is -2.17. The van der Waals surface area contributed by atoms with Crippen molar-refractivity contribution in [3.63, 3.8) is 0 Å². The molecule has 166 valence electrons. The SMILES string of the molecule is COc1c(F)c(NC(C)C)c2[nH]ncc2c1-c1cn2cc(NC(=O)[C@@H]3C[C@@H]3F)nc2cn1. The second-order valence-electron chi connectivity index (χ2n) is 8.07. The number of benzene rings is 1. The maximum Gasteiger partial charge on any atom is 0.231 e. The van der Waals surface area contributed by atoms with Crippen molar-refractivity contribution in [2.24, 2.45) is 5.92 Å². The molecule has 1 aliphatic rings. The molecule has 0 bridgehead atoms. The molecule has 32 heavy (non-hydrogen) atoms. The minimum absolute atomic E-state index is 0.0103. The molecule has 0 aliphatic heterocycles. The van der Waals surface area contributed by atoms with Crippen molar-refractivity contribution in [1.82, 2.24) is 24.6 Å². The van der Waals surface area contributed by atoms with Crippen LogP contribution in [0.15, 0.2) is 24.8 Å². The Hall–Kier alpha value is -3.76. The molecular weight excluding hydrogens is 420 g/mol. The third-order valence-electron chi connectivity index (χ3n) is 5.34.